The van der Waals surface area contributed by atoms with Crippen LogP contribution in [-0.2, 0) is 11.3 Å². The van der Waals surface area contributed by atoms with Crippen LogP contribution >= 0.6 is 0 Å². The molecule has 20 heavy (non-hydrogen) atoms. The maximum Gasteiger partial charge on any atom is 0.238 e. The smallest absolute Gasteiger partial charge is 0.238 e. The first-order valence-electron chi connectivity index (χ1n) is 7.65. The molecule has 0 atom stereocenters. The number of aryl methyl sites for hydroxylation is 1. The van der Waals surface area contributed by atoms with Crippen LogP contribution in [-0.4, -0.2) is 46.8 Å². The number of hydrogen-bond acceptors (Lipinski definition) is 4. The van der Waals surface area contributed by atoms with Crippen molar-refractivity contribution >= 4 is 17.4 Å². The molecular formula is C14H23N5O. The van der Waals surface area contributed by atoms with Gasteiger partial charge in [0.15, 0.2) is 0 Å². The van der Waals surface area contributed by atoms with E-state index in [4.69, 9.17) is 0 Å². The predicted molar refractivity (Wildman–Crippen MR) is 78.9 cm³/mol. The summed E-state index contributed by atoms with van der Waals surface area (Å²) in [5.74, 6) is 1.01. The summed E-state index contributed by atoms with van der Waals surface area (Å²) in [6, 6.07) is 0. The fraction of sp³-hybridized carbons (Fsp3) is 0.714. The van der Waals surface area contributed by atoms with E-state index < -0.39 is 0 Å². The SMILES string of the molecule is O=C(CN1CCCCCC1)Nc1cnn2c1NCCC2. The molecule has 0 aliphatic carbocycles. The summed E-state index contributed by atoms with van der Waals surface area (Å²) in [4.78, 5) is 14.4. The van der Waals surface area contributed by atoms with E-state index in [0.29, 0.717) is 6.54 Å². The van der Waals surface area contributed by atoms with E-state index in [1.807, 2.05) is 4.68 Å². The first-order chi connectivity index (χ1) is 9.83. The van der Waals surface area contributed by atoms with Gasteiger partial charge in [-0.1, -0.05) is 12.8 Å². The maximum atomic E-state index is 12.2. The van der Waals surface area contributed by atoms with Crippen LogP contribution in [0.3, 0.4) is 0 Å². The third-order valence-electron chi connectivity index (χ3n) is 4.02. The Morgan fingerprint density at radius 1 is 1.20 bits per heavy atom. The molecule has 1 aromatic heterocycles. The number of hydrogen-bond donors (Lipinski definition) is 2. The Labute approximate surface area is 119 Å². The number of fused-ring (bicyclic) bond motifs is 1. The van der Waals surface area contributed by atoms with Gasteiger partial charge in [0, 0.05) is 13.1 Å². The first-order valence-corrected chi connectivity index (χ1v) is 7.65. The highest BCUT2D eigenvalue weighted by Gasteiger charge is 2.18. The fourth-order valence-electron chi connectivity index (χ4n) is 2.96. The summed E-state index contributed by atoms with van der Waals surface area (Å²) < 4.78 is 1.92. The van der Waals surface area contributed by atoms with E-state index in [1.165, 1.54) is 25.7 Å². The standard InChI is InChI=1S/C14H23N5O/c20-13(11-18-7-3-1-2-4-8-18)17-12-10-16-19-9-5-6-15-14(12)19/h10,15H,1-9,11H2,(H,17,20). The molecule has 0 bridgehead atoms. The van der Waals surface area contributed by atoms with Crippen molar-refractivity contribution in [2.75, 3.05) is 36.8 Å². The average Bonchev–Trinajstić information content (AvgIpc) is 2.68. The minimum atomic E-state index is 0.0649. The van der Waals surface area contributed by atoms with Crippen LogP contribution in [0.25, 0.3) is 0 Å². The molecule has 1 saturated heterocycles. The van der Waals surface area contributed by atoms with Gasteiger partial charge in [-0.25, -0.2) is 4.68 Å². The number of carbonyl (C=O) groups excluding carboxylic acids is 1. The molecule has 3 heterocycles. The summed E-state index contributed by atoms with van der Waals surface area (Å²) in [6.07, 6.45) is 7.82. The molecule has 110 valence electrons. The van der Waals surface area contributed by atoms with Crippen LogP contribution in [0.5, 0.6) is 0 Å². The van der Waals surface area contributed by atoms with Gasteiger partial charge in [0.05, 0.1) is 12.7 Å². The zero-order chi connectivity index (χ0) is 13.8. The Balaban J connectivity index is 1.57. The van der Waals surface area contributed by atoms with Crippen LogP contribution < -0.4 is 10.6 Å². The molecule has 0 saturated carbocycles. The van der Waals surface area contributed by atoms with Gasteiger partial charge < -0.3 is 10.6 Å². The molecule has 2 aliphatic rings. The summed E-state index contributed by atoms with van der Waals surface area (Å²) in [7, 11) is 0. The van der Waals surface area contributed by atoms with E-state index in [9.17, 15) is 4.79 Å². The highest BCUT2D eigenvalue weighted by atomic mass is 16.2. The third kappa shape index (κ3) is 3.12. The van der Waals surface area contributed by atoms with Gasteiger partial charge >= 0.3 is 0 Å². The Morgan fingerprint density at radius 2 is 2.00 bits per heavy atom. The topological polar surface area (TPSA) is 62.2 Å². The number of likely N-dealkylation sites (tertiary alicyclic amines) is 1. The Hall–Kier alpha value is -1.56. The molecule has 0 unspecified atom stereocenters. The molecule has 0 radical (unpaired) electrons. The molecule has 1 amide bonds. The quantitative estimate of drug-likeness (QED) is 0.879. The highest BCUT2D eigenvalue weighted by Crippen LogP contribution is 2.24. The largest absolute Gasteiger partial charge is 0.368 e. The molecule has 6 nitrogen and oxygen atoms in total. The number of aromatic nitrogens is 2. The average molecular weight is 277 g/mol. The van der Waals surface area contributed by atoms with Gasteiger partial charge in [0.2, 0.25) is 5.91 Å². The molecular weight excluding hydrogens is 254 g/mol. The Morgan fingerprint density at radius 3 is 2.80 bits per heavy atom. The summed E-state index contributed by atoms with van der Waals surface area (Å²) >= 11 is 0. The van der Waals surface area contributed by atoms with E-state index in [-0.39, 0.29) is 5.91 Å². The van der Waals surface area contributed by atoms with Gasteiger partial charge in [-0.05, 0) is 32.4 Å². The second kappa shape index (κ2) is 6.26. The fourth-order valence-corrected chi connectivity index (χ4v) is 2.96. The minimum Gasteiger partial charge on any atom is -0.368 e. The lowest BCUT2D eigenvalue weighted by molar-refractivity contribution is -0.117. The van der Waals surface area contributed by atoms with Crippen molar-refractivity contribution in [2.24, 2.45) is 0 Å². The van der Waals surface area contributed by atoms with Crippen LogP contribution in [0.1, 0.15) is 32.1 Å². The van der Waals surface area contributed by atoms with E-state index in [1.54, 1.807) is 6.20 Å². The molecule has 0 spiro atoms. The van der Waals surface area contributed by atoms with Crippen molar-refractivity contribution in [1.82, 2.24) is 14.7 Å². The van der Waals surface area contributed by atoms with Crippen LogP contribution in [0, 0.1) is 0 Å². The van der Waals surface area contributed by atoms with E-state index in [0.717, 1.165) is 44.1 Å². The Kier molecular flexibility index (Phi) is 4.20. The number of anilines is 2. The van der Waals surface area contributed by atoms with Crippen molar-refractivity contribution in [3.8, 4) is 0 Å². The molecule has 2 aliphatic heterocycles. The first kappa shape index (κ1) is 13.4. The van der Waals surface area contributed by atoms with Gasteiger partial charge in [-0.15, -0.1) is 0 Å². The molecule has 1 aromatic rings. The molecule has 0 aromatic carbocycles. The zero-order valence-corrected chi connectivity index (χ0v) is 11.9. The second-order valence-electron chi connectivity index (χ2n) is 5.65. The van der Waals surface area contributed by atoms with Crippen molar-refractivity contribution < 1.29 is 4.79 Å². The summed E-state index contributed by atoms with van der Waals surface area (Å²) in [6.45, 7) is 4.44. The van der Waals surface area contributed by atoms with E-state index in [2.05, 4.69) is 20.6 Å². The van der Waals surface area contributed by atoms with Gasteiger partial charge in [-0.2, -0.15) is 5.10 Å². The Bertz CT molecular complexity index is 462. The normalized spacial score (nSPS) is 19.8. The zero-order valence-electron chi connectivity index (χ0n) is 11.9. The van der Waals surface area contributed by atoms with Crippen LogP contribution in [0.15, 0.2) is 6.20 Å². The lowest BCUT2D eigenvalue weighted by atomic mass is 10.2. The molecule has 6 heteroatoms. The van der Waals surface area contributed by atoms with Gasteiger partial charge in [0.25, 0.3) is 0 Å². The monoisotopic (exact) mass is 277 g/mol. The second-order valence-corrected chi connectivity index (χ2v) is 5.65. The summed E-state index contributed by atoms with van der Waals surface area (Å²) in [5.41, 5.74) is 0.810. The molecule has 1 fully saturated rings. The van der Waals surface area contributed by atoms with E-state index >= 15 is 0 Å². The van der Waals surface area contributed by atoms with Crippen LogP contribution in [0.2, 0.25) is 0 Å². The molecule has 2 N–H and O–H groups in total. The number of nitrogens with one attached hydrogen (secondary N) is 2. The van der Waals surface area contributed by atoms with Crippen molar-refractivity contribution in [2.45, 2.75) is 38.6 Å². The van der Waals surface area contributed by atoms with Crippen molar-refractivity contribution in [1.29, 1.82) is 0 Å². The number of nitrogens with zero attached hydrogens (tertiary/aromatic N) is 3. The number of amides is 1. The maximum absolute atomic E-state index is 12.2. The molecule has 3 rings (SSSR count). The third-order valence-corrected chi connectivity index (χ3v) is 4.02. The lowest BCUT2D eigenvalue weighted by Gasteiger charge is -2.20. The number of rotatable bonds is 3. The number of carbonyl (C=O) groups is 1. The van der Waals surface area contributed by atoms with Crippen molar-refractivity contribution in [3.63, 3.8) is 0 Å². The summed E-state index contributed by atoms with van der Waals surface area (Å²) in [5, 5.41) is 10.6. The predicted octanol–water partition coefficient (Wildman–Crippen LogP) is 1.51. The van der Waals surface area contributed by atoms with Crippen molar-refractivity contribution in [3.05, 3.63) is 6.20 Å². The van der Waals surface area contributed by atoms with Gasteiger partial charge in [0.1, 0.15) is 11.5 Å². The lowest BCUT2D eigenvalue weighted by Crippen LogP contribution is -2.34. The minimum absolute atomic E-state index is 0.0649. The van der Waals surface area contributed by atoms with Crippen LogP contribution in [0.4, 0.5) is 11.5 Å². The highest BCUT2D eigenvalue weighted by molar-refractivity contribution is 5.94. The van der Waals surface area contributed by atoms with Gasteiger partial charge in [-0.3, -0.25) is 9.69 Å².